The molecule has 0 amide bonds. The fourth-order valence-electron chi connectivity index (χ4n) is 1.58. The van der Waals surface area contributed by atoms with E-state index in [4.69, 9.17) is 16.3 Å². The molecule has 1 unspecified atom stereocenters. The predicted octanol–water partition coefficient (Wildman–Crippen LogP) is 2.74. The summed E-state index contributed by atoms with van der Waals surface area (Å²) >= 11 is 7.41. The molecule has 0 aliphatic carbocycles. The van der Waals surface area contributed by atoms with Crippen molar-refractivity contribution in [1.29, 1.82) is 0 Å². The highest BCUT2D eigenvalue weighted by Gasteiger charge is 2.13. The molecule has 1 rings (SSSR count). The van der Waals surface area contributed by atoms with Crippen LogP contribution in [-0.2, 0) is 17.2 Å². The van der Waals surface area contributed by atoms with Crippen LogP contribution >= 0.6 is 22.9 Å². The Balaban J connectivity index is 2.55. The van der Waals surface area contributed by atoms with Crippen LogP contribution in [0.5, 0.6) is 0 Å². The number of thiazole rings is 1. The number of rotatable bonds is 7. The van der Waals surface area contributed by atoms with Gasteiger partial charge in [-0.15, -0.1) is 22.9 Å². The topological polar surface area (TPSA) is 25.4 Å². The van der Waals surface area contributed by atoms with E-state index < -0.39 is 0 Å². The lowest BCUT2D eigenvalue weighted by Gasteiger charge is -2.26. The van der Waals surface area contributed by atoms with E-state index >= 15 is 0 Å². The van der Waals surface area contributed by atoms with Gasteiger partial charge >= 0.3 is 0 Å². The number of nitrogens with zero attached hydrogens (tertiary/aromatic N) is 2. The van der Waals surface area contributed by atoms with E-state index in [0.717, 1.165) is 30.4 Å². The molecule has 0 N–H and O–H groups in total. The normalized spacial score (nSPS) is 13.3. The fraction of sp³-hybridized carbons (Fsp3) is 0.727. The Kier molecular flexibility index (Phi) is 6.28. The smallest absolute Gasteiger partial charge is 0.107 e. The van der Waals surface area contributed by atoms with Gasteiger partial charge in [0.2, 0.25) is 0 Å². The van der Waals surface area contributed by atoms with Gasteiger partial charge in [-0.05, 0) is 13.5 Å². The molecule has 1 aromatic rings. The Labute approximate surface area is 106 Å². The summed E-state index contributed by atoms with van der Waals surface area (Å²) in [6, 6.07) is 0.415. The lowest BCUT2D eigenvalue weighted by molar-refractivity contribution is 0.0981. The van der Waals surface area contributed by atoms with Crippen molar-refractivity contribution in [3.8, 4) is 0 Å². The molecule has 1 atom stereocenters. The van der Waals surface area contributed by atoms with Gasteiger partial charge in [0.25, 0.3) is 0 Å². The molecule has 16 heavy (non-hydrogen) atoms. The monoisotopic (exact) mass is 262 g/mol. The third-order valence-electron chi connectivity index (χ3n) is 2.51. The molecule has 5 heteroatoms. The van der Waals surface area contributed by atoms with Gasteiger partial charge in [0.05, 0.1) is 24.7 Å². The maximum Gasteiger partial charge on any atom is 0.107 e. The highest BCUT2D eigenvalue weighted by Crippen LogP contribution is 2.15. The molecule has 0 saturated carbocycles. The van der Waals surface area contributed by atoms with E-state index in [1.165, 1.54) is 0 Å². The van der Waals surface area contributed by atoms with E-state index in [-0.39, 0.29) is 0 Å². The predicted molar refractivity (Wildman–Crippen MR) is 69.1 cm³/mol. The lowest BCUT2D eigenvalue weighted by atomic mass is 10.3. The number of halogens is 1. The first-order valence-corrected chi connectivity index (χ1v) is 6.84. The largest absolute Gasteiger partial charge is 0.383 e. The molecule has 0 aliphatic rings. The van der Waals surface area contributed by atoms with Crippen LogP contribution in [-0.4, -0.2) is 36.2 Å². The number of methoxy groups -OCH3 is 1. The van der Waals surface area contributed by atoms with Crippen LogP contribution in [0.3, 0.4) is 0 Å². The minimum absolute atomic E-state index is 0.415. The first-order valence-electron chi connectivity index (χ1n) is 5.43. The highest BCUT2D eigenvalue weighted by atomic mass is 35.5. The molecule has 92 valence electrons. The van der Waals surface area contributed by atoms with Crippen LogP contribution in [0.2, 0.25) is 0 Å². The van der Waals surface area contributed by atoms with Crippen LogP contribution in [0.25, 0.3) is 0 Å². The van der Waals surface area contributed by atoms with Gasteiger partial charge in [0.15, 0.2) is 0 Å². The van der Waals surface area contributed by atoms with Gasteiger partial charge in [0, 0.05) is 18.5 Å². The molecule has 1 aromatic heterocycles. The minimum Gasteiger partial charge on any atom is -0.383 e. The van der Waals surface area contributed by atoms with E-state index in [9.17, 15) is 0 Å². The summed E-state index contributed by atoms with van der Waals surface area (Å²) < 4.78 is 5.17. The van der Waals surface area contributed by atoms with Crippen LogP contribution in [0.1, 0.15) is 24.5 Å². The third kappa shape index (κ3) is 4.01. The Hall–Kier alpha value is -0.160. The summed E-state index contributed by atoms with van der Waals surface area (Å²) in [6.07, 6.45) is 0. The van der Waals surface area contributed by atoms with Gasteiger partial charge in [0.1, 0.15) is 5.01 Å². The van der Waals surface area contributed by atoms with Gasteiger partial charge in [-0.3, -0.25) is 4.90 Å². The maximum atomic E-state index is 5.73. The molecule has 0 aromatic carbocycles. The zero-order chi connectivity index (χ0) is 12.0. The zero-order valence-corrected chi connectivity index (χ0v) is 11.6. The number of hydrogen-bond acceptors (Lipinski definition) is 4. The van der Waals surface area contributed by atoms with E-state index in [0.29, 0.717) is 11.9 Å². The van der Waals surface area contributed by atoms with E-state index in [1.54, 1.807) is 18.4 Å². The third-order valence-corrected chi connectivity index (χ3v) is 3.67. The van der Waals surface area contributed by atoms with Gasteiger partial charge in [-0.25, -0.2) is 4.98 Å². The Morgan fingerprint density at radius 1 is 1.62 bits per heavy atom. The van der Waals surface area contributed by atoms with Gasteiger partial charge in [-0.1, -0.05) is 6.92 Å². The molecular formula is C11H19ClN2OS. The maximum absolute atomic E-state index is 5.73. The van der Waals surface area contributed by atoms with Crippen molar-refractivity contribution in [2.45, 2.75) is 32.3 Å². The summed E-state index contributed by atoms with van der Waals surface area (Å²) in [6.45, 7) is 6.95. The lowest BCUT2D eigenvalue weighted by Crippen LogP contribution is -2.35. The number of hydrogen-bond donors (Lipinski definition) is 0. The van der Waals surface area contributed by atoms with Crippen molar-refractivity contribution in [1.82, 2.24) is 9.88 Å². The molecule has 1 heterocycles. The molecular weight excluding hydrogens is 244 g/mol. The minimum atomic E-state index is 0.415. The summed E-state index contributed by atoms with van der Waals surface area (Å²) in [5, 5.41) is 3.15. The number of ether oxygens (including phenoxy) is 1. The standard InChI is InChI=1S/C11H19ClN2OS/c1-4-14(9(2)7-15-3)6-11-13-10(5-12)8-16-11/h8-9H,4-7H2,1-3H3. The summed E-state index contributed by atoms with van der Waals surface area (Å²) in [7, 11) is 1.74. The quantitative estimate of drug-likeness (QED) is 0.707. The van der Waals surface area contributed by atoms with Gasteiger partial charge in [-0.2, -0.15) is 0 Å². The zero-order valence-electron chi connectivity index (χ0n) is 10.1. The van der Waals surface area contributed by atoms with Crippen LogP contribution in [0, 0.1) is 0 Å². The summed E-state index contributed by atoms with van der Waals surface area (Å²) in [5.41, 5.74) is 0.970. The SMILES string of the molecule is CCN(Cc1nc(CCl)cs1)C(C)COC. The van der Waals surface area contributed by atoms with Crippen LogP contribution < -0.4 is 0 Å². The van der Waals surface area contributed by atoms with Crippen molar-refractivity contribution < 1.29 is 4.74 Å². The van der Waals surface area contributed by atoms with Gasteiger partial charge < -0.3 is 4.74 Å². The van der Waals surface area contributed by atoms with E-state index in [2.05, 4.69) is 23.7 Å². The van der Waals surface area contributed by atoms with Crippen molar-refractivity contribution in [3.63, 3.8) is 0 Å². The molecule has 0 radical (unpaired) electrons. The number of aromatic nitrogens is 1. The molecule has 0 saturated heterocycles. The second-order valence-corrected chi connectivity index (χ2v) is 4.94. The van der Waals surface area contributed by atoms with Crippen molar-refractivity contribution in [2.24, 2.45) is 0 Å². The molecule has 0 spiro atoms. The van der Waals surface area contributed by atoms with Crippen molar-refractivity contribution in [2.75, 3.05) is 20.3 Å². The molecule has 3 nitrogen and oxygen atoms in total. The van der Waals surface area contributed by atoms with E-state index in [1.807, 2.05) is 5.38 Å². The number of alkyl halides is 1. The second kappa shape index (κ2) is 7.22. The molecule has 0 aliphatic heterocycles. The first kappa shape index (κ1) is 13.9. The number of likely N-dealkylation sites (N-methyl/N-ethyl adjacent to an activating group) is 1. The molecule has 0 bridgehead atoms. The average Bonchev–Trinajstić information content (AvgIpc) is 2.73. The Morgan fingerprint density at radius 3 is 2.88 bits per heavy atom. The highest BCUT2D eigenvalue weighted by molar-refractivity contribution is 7.09. The van der Waals surface area contributed by atoms with Crippen LogP contribution in [0.4, 0.5) is 0 Å². The Bertz CT molecular complexity index is 306. The van der Waals surface area contributed by atoms with Crippen molar-refractivity contribution >= 4 is 22.9 Å². The average molecular weight is 263 g/mol. The molecule has 0 fully saturated rings. The first-order chi connectivity index (χ1) is 7.71. The second-order valence-electron chi connectivity index (χ2n) is 3.73. The summed E-state index contributed by atoms with van der Waals surface area (Å²) in [4.78, 5) is 6.81. The Morgan fingerprint density at radius 2 is 2.38 bits per heavy atom. The summed E-state index contributed by atoms with van der Waals surface area (Å²) in [5.74, 6) is 0.496. The van der Waals surface area contributed by atoms with Crippen LogP contribution in [0.15, 0.2) is 5.38 Å². The van der Waals surface area contributed by atoms with Crippen molar-refractivity contribution in [3.05, 3.63) is 16.1 Å². The fourth-order valence-corrected chi connectivity index (χ4v) is 2.63.